The highest BCUT2D eigenvalue weighted by molar-refractivity contribution is 9.10. The molecule has 1 aliphatic heterocycles. The zero-order valence-corrected chi connectivity index (χ0v) is 15.6. The third-order valence-electron chi connectivity index (χ3n) is 3.44. The molecule has 0 spiro atoms. The van der Waals surface area contributed by atoms with Gasteiger partial charge in [-0.1, -0.05) is 28.1 Å². The van der Waals surface area contributed by atoms with Gasteiger partial charge in [-0.05, 0) is 42.0 Å². The van der Waals surface area contributed by atoms with Gasteiger partial charge in [0.15, 0.2) is 17.2 Å². The summed E-state index contributed by atoms with van der Waals surface area (Å²) in [7, 11) is 1.48. The standard InChI is InChI=1S/C19H14BrNO5/c1-11(22)25-17-9-12(6-7-16(17)24-2)8-15-19(23)26-18(21-15)13-4-3-5-14(20)10-13/h3-10H,1-2H3. The van der Waals surface area contributed by atoms with Gasteiger partial charge in [-0.3, -0.25) is 4.79 Å². The molecule has 1 aliphatic rings. The van der Waals surface area contributed by atoms with E-state index in [0.29, 0.717) is 16.9 Å². The van der Waals surface area contributed by atoms with E-state index in [1.165, 1.54) is 14.0 Å². The summed E-state index contributed by atoms with van der Waals surface area (Å²) in [6.07, 6.45) is 1.56. The maximum absolute atomic E-state index is 12.1. The molecule has 0 bridgehead atoms. The van der Waals surface area contributed by atoms with Crippen LogP contribution in [0.2, 0.25) is 0 Å². The minimum Gasteiger partial charge on any atom is -0.493 e. The van der Waals surface area contributed by atoms with Crippen molar-refractivity contribution in [3.63, 3.8) is 0 Å². The molecule has 0 saturated carbocycles. The monoisotopic (exact) mass is 415 g/mol. The number of ether oxygens (including phenoxy) is 3. The van der Waals surface area contributed by atoms with Crippen molar-refractivity contribution in [3.05, 3.63) is 63.8 Å². The van der Waals surface area contributed by atoms with E-state index in [-0.39, 0.29) is 17.3 Å². The van der Waals surface area contributed by atoms with Gasteiger partial charge in [0.05, 0.1) is 7.11 Å². The van der Waals surface area contributed by atoms with Gasteiger partial charge in [-0.2, -0.15) is 0 Å². The van der Waals surface area contributed by atoms with Gasteiger partial charge in [-0.25, -0.2) is 9.79 Å². The van der Waals surface area contributed by atoms with Crippen LogP contribution in [0.5, 0.6) is 11.5 Å². The van der Waals surface area contributed by atoms with Crippen molar-refractivity contribution in [1.82, 2.24) is 0 Å². The molecule has 0 fully saturated rings. The van der Waals surface area contributed by atoms with Crippen LogP contribution >= 0.6 is 15.9 Å². The number of carbonyl (C=O) groups is 2. The van der Waals surface area contributed by atoms with Crippen molar-refractivity contribution < 1.29 is 23.8 Å². The topological polar surface area (TPSA) is 74.2 Å². The smallest absolute Gasteiger partial charge is 0.363 e. The van der Waals surface area contributed by atoms with Gasteiger partial charge in [-0.15, -0.1) is 0 Å². The second kappa shape index (κ2) is 7.53. The number of carbonyl (C=O) groups excluding carboxylic acids is 2. The Morgan fingerprint density at radius 1 is 1.19 bits per heavy atom. The molecule has 3 rings (SSSR count). The average Bonchev–Trinajstić information content (AvgIpc) is 2.95. The van der Waals surface area contributed by atoms with Crippen LogP contribution in [-0.4, -0.2) is 24.9 Å². The number of nitrogens with zero attached hydrogens (tertiary/aromatic N) is 1. The number of hydrogen-bond donors (Lipinski definition) is 0. The molecule has 26 heavy (non-hydrogen) atoms. The van der Waals surface area contributed by atoms with Crippen molar-refractivity contribution in [1.29, 1.82) is 0 Å². The number of hydrogen-bond acceptors (Lipinski definition) is 6. The molecule has 0 radical (unpaired) electrons. The van der Waals surface area contributed by atoms with E-state index >= 15 is 0 Å². The molecule has 1 heterocycles. The van der Waals surface area contributed by atoms with E-state index in [2.05, 4.69) is 20.9 Å². The molecule has 0 aliphatic carbocycles. The summed E-state index contributed by atoms with van der Waals surface area (Å²) in [4.78, 5) is 27.6. The summed E-state index contributed by atoms with van der Waals surface area (Å²) < 4.78 is 16.4. The average molecular weight is 416 g/mol. The van der Waals surface area contributed by atoms with Crippen LogP contribution < -0.4 is 9.47 Å². The van der Waals surface area contributed by atoms with Gasteiger partial charge >= 0.3 is 11.9 Å². The third kappa shape index (κ3) is 4.00. The molecule has 0 aromatic heterocycles. The van der Waals surface area contributed by atoms with Crippen molar-refractivity contribution in [3.8, 4) is 11.5 Å². The lowest BCUT2D eigenvalue weighted by Gasteiger charge is -2.08. The molecule has 0 atom stereocenters. The quantitative estimate of drug-likeness (QED) is 0.432. The molecule has 0 N–H and O–H groups in total. The van der Waals surface area contributed by atoms with E-state index < -0.39 is 11.9 Å². The molecular weight excluding hydrogens is 402 g/mol. The van der Waals surface area contributed by atoms with Crippen LogP contribution in [0.25, 0.3) is 6.08 Å². The molecule has 2 aromatic carbocycles. The SMILES string of the molecule is COc1ccc(C=C2N=C(c3cccc(Br)c3)OC2=O)cc1OC(C)=O. The largest absolute Gasteiger partial charge is 0.493 e. The Morgan fingerprint density at radius 2 is 2.00 bits per heavy atom. The highest BCUT2D eigenvalue weighted by Gasteiger charge is 2.24. The number of esters is 2. The molecule has 0 amide bonds. The van der Waals surface area contributed by atoms with E-state index in [0.717, 1.165) is 4.47 Å². The first-order valence-corrected chi connectivity index (χ1v) is 8.40. The van der Waals surface area contributed by atoms with Crippen LogP contribution in [-0.2, 0) is 14.3 Å². The molecule has 7 heteroatoms. The normalized spacial score (nSPS) is 14.8. The maximum Gasteiger partial charge on any atom is 0.363 e. The molecule has 0 unspecified atom stereocenters. The van der Waals surface area contributed by atoms with Crippen molar-refractivity contribution in [2.45, 2.75) is 6.92 Å². The van der Waals surface area contributed by atoms with Crippen molar-refractivity contribution in [2.75, 3.05) is 7.11 Å². The van der Waals surface area contributed by atoms with E-state index in [1.807, 2.05) is 12.1 Å². The number of methoxy groups -OCH3 is 1. The zero-order valence-electron chi connectivity index (χ0n) is 14.0. The highest BCUT2D eigenvalue weighted by atomic mass is 79.9. The third-order valence-corrected chi connectivity index (χ3v) is 3.93. The molecule has 132 valence electrons. The Morgan fingerprint density at radius 3 is 2.69 bits per heavy atom. The van der Waals surface area contributed by atoms with Crippen molar-refractivity contribution in [2.24, 2.45) is 4.99 Å². The van der Waals surface area contributed by atoms with Gasteiger partial charge in [0.2, 0.25) is 5.90 Å². The van der Waals surface area contributed by atoms with Crippen LogP contribution in [0.1, 0.15) is 18.1 Å². The lowest BCUT2D eigenvalue weighted by atomic mass is 10.1. The number of halogens is 1. The van der Waals surface area contributed by atoms with Gasteiger partial charge < -0.3 is 14.2 Å². The Balaban J connectivity index is 1.94. The molecule has 6 nitrogen and oxygen atoms in total. The Bertz CT molecular complexity index is 949. The summed E-state index contributed by atoms with van der Waals surface area (Å²) in [5, 5.41) is 0. The molecule has 2 aromatic rings. The second-order valence-electron chi connectivity index (χ2n) is 5.35. The number of aliphatic imine (C=N–C) groups is 1. The number of rotatable bonds is 4. The fourth-order valence-electron chi connectivity index (χ4n) is 2.33. The number of benzene rings is 2. The number of cyclic esters (lactones) is 1. The molecule has 0 saturated heterocycles. The Hall–Kier alpha value is -2.93. The lowest BCUT2D eigenvalue weighted by molar-refractivity contribution is -0.132. The summed E-state index contributed by atoms with van der Waals surface area (Å²) in [6.45, 7) is 1.30. The first-order chi connectivity index (χ1) is 12.5. The minimum atomic E-state index is -0.551. The first-order valence-electron chi connectivity index (χ1n) is 7.61. The summed E-state index contributed by atoms with van der Waals surface area (Å²) in [5.41, 5.74) is 1.46. The fourth-order valence-corrected chi connectivity index (χ4v) is 2.73. The summed E-state index contributed by atoms with van der Waals surface area (Å²) in [5.74, 6) is -0.115. The Kier molecular flexibility index (Phi) is 5.18. The van der Waals surface area contributed by atoms with Crippen LogP contribution in [0.4, 0.5) is 0 Å². The van der Waals surface area contributed by atoms with Gasteiger partial charge in [0.25, 0.3) is 0 Å². The second-order valence-corrected chi connectivity index (χ2v) is 6.27. The summed E-state index contributed by atoms with van der Waals surface area (Å²) in [6, 6.07) is 12.3. The first kappa shape index (κ1) is 17.9. The van der Waals surface area contributed by atoms with Crippen molar-refractivity contribution >= 4 is 39.8 Å². The highest BCUT2D eigenvalue weighted by Crippen LogP contribution is 2.30. The van der Waals surface area contributed by atoms with Crippen LogP contribution in [0, 0.1) is 0 Å². The van der Waals surface area contributed by atoms with Crippen LogP contribution in [0.15, 0.2) is 57.6 Å². The lowest BCUT2D eigenvalue weighted by Crippen LogP contribution is -2.05. The minimum absolute atomic E-state index is 0.152. The molecular formula is C19H14BrNO5. The van der Waals surface area contributed by atoms with Crippen LogP contribution in [0.3, 0.4) is 0 Å². The van der Waals surface area contributed by atoms with E-state index in [4.69, 9.17) is 14.2 Å². The summed E-state index contributed by atoms with van der Waals surface area (Å²) >= 11 is 3.37. The zero-order chi connectivity index (χ0) is 18.7. The van der Waals surface area contributed by atoms with Gasteiger partial charge in [0.1, 0.15) is 0 Å². The van der Waals surface area contributed by atoms with E-state index in [9.17, 15) is 9.59 Å². The van der Waals surface area contributed by atoms with E-state index in [1.54, 1.807) is 36.4 Å². The predicted molar refractivity (Wildman–Crippen MR) is 99.1 cm³/mol. The Labute approximate surface area is 158 Å². The van der Waals surface area contributed by atoms with Gasteiger partial charge in [0, 0.05) is 17.0 Å². The predicted octanol–water partition coefficient (Wildman–Crippen LogP) is 3.73. The fraction of sp³-hybridized carbons (Fsp3) is 0.105. The maximum atomic E-state index is 12.1.